The lowest BCUT2D eigenvalue weighted by atomic mass is 10.00. The fraction of sp³-hybridized carbons (Fsp3) is 0.550. The highest BCUT2D eigenvalue weighted by molar-refractivity contribution is 7.89. The normalized spacial score (nSPS) is 19.1. The summed E-state index contributed by atoms with van der Waals surface area (Å²) >= 11 is 0. The molecule has 2 heterocycles. The number of amides is 1. The van der Waals surface area contributed by atoms with Crippen LogP contribution in [0.4, 0.5) is 18.9 Å². The van der Waals surface area contributed by atoms with E-state index in [1.165, 1.54) is 4.31 Å². The molecule has 3 rings (SSSR count). The lowest BCUT2D eigenvalue weighted by molar-refractivity contribution is -0.192. The van der Waals surface area contributed by atoms with Crippen molar-refractivity contribution >= 4 is 33.6 Å². The van der Waals surface area contributed by atoms with Gasteiger partial charge >= 0.3 is 18.1 Å². The number of carboxylic acids is 2. The maximum atomic E-state index is 13.1. The number of carbonyl (C=O) groups is 3. The van der Waals surface area contributed by atoms with Gasteiger partial charge in [0, 0.05) is 25.2 Å². The van der Waals surface area contributed by atoms with Crippen LogP contribution in [0.3, 0.4) is 0 Å². The Labute approximate surface area is 194 Å². The molecule has 1 aromatic rings. The molecule has 4 N–H and O–H groups in total. The zero-order chi connectivity index (χ0) is 25.5. The minimum Gasteiger partial charge on any atom is -0.480 e. The van der Waals surface area contributed by atoms with Crippen molar-refractivity contribution in [3.8, 4) is 0 Å². The largest absolute Gasteiger partial charge is 0.490 e. The zero-order valence-electron chi connectivity index (χ0n) is 18.1. The molecule has 0 bridgehead atoms. The third-order valence-corrected chi connectivity index (χ3v) is 7.13. The number of benzene rings is 1. The van der Waals surface area contributed by atoms with E-state index in [0.717, 1.165) is 18.4 Å². The first-order valence-electron chi connectivity index (χ1n) is 10.5. The predicted molar refractivity (Wildman–Crippen MR) is 114 cm³/mol. The van der Waals surface area contributed by atoms with Gasteiger partial charge in [0.25, 0.3) is 0 Å². The molecule has 14 heteroatoms. The van der Waals surface area contributed by atoms with Gasteiger partial charge in [-0.05, 0) is 61.9 Å². The first kappa shape index (κ1) is 27.5. The second-order valence-electron chi connectivity index (χ2n) is 7.92. The number of nitrogens with zero attached hydrogens (tertiary/aromatic N) is 1. The van der Waals surface area contributed by atoms with E-state index in [4.69, 9.17) is 15.0 Å². The molecule has 1 saturated heterocycles. The van der Waals surface area contributed by atoms with Crippen LogP contribution in [0, 0.1) is 5.92 Å². The van der Waals surface area contributed by atoms with Crippen molar-refractivity contribution in [3.63, 3.8) is 0 Å². The first-order chi connectivity index (χ1) is 15.8. The van der Waals surface area contributed by atoms with E-state index in [1.54, 1.807) is 18.2 Å². The van der Waals surface area contributed by atoms with E-state index in [-0.39, 0.29) is 23.3 Å². The lowest BCUT2D eigenvalue weighted by Gasteiger charge is -2.32. The van der Waals surface area contributed by atoms with Gasteiger partial charge in [-0.25, -0.2) is 13.2 Å². The van der Waals surface area contributed by atoms with E-state index >= 15 is 0 Å². The molecule has 1 fully saturated rings. The molecule has 0 aromatic heterocycles. The molecule has 1 unspecified atom stereocenters. The number of fused-ring (bicyclic) bond motifs is 1. The summed E-state index contributed by atoms with van der Waals surface area (Å²) in [4.78, 5) is 31.4. The third-order valence-electron chi connectivity index (χ3n) is 5.27. The number of piperidine rings is 1. The fourth-order valence-electron chi connectivity index (χ4n) is 3.66. The lowest BCUT2D eigenvalue weighted by Crippen LogP contribution is -2.43. The van der Waals surface area contributed by atoms with Gasteiger partial charge in [-0.15, -0.1) is 0 Å². The summed E-state index contributed by atoms with van der Waals surface area (Å²) in [5.41, 5.74) is 1.53. The zero-order valence-corrected chi connectivity index (χ0v) is 18.9. The van der Waals surface area contributed by atoms with Crippen molar-refractivity contribution < 1.29 is 46.2 Å². The Morgan fingerprint density at radius 3 is 2.47 bits per heavy atom. The molecule has 0 spiro atoms. The second-order valence-corrected chi connectivity index (χ2v) is 9.86. The molecule has 190 valence electrons. The Kier molecular flexibility index (Phi) is 9.41. The van der Waals surface area contributed by atoms with Crippen molar-refractivity contribution in [3.05, 3.63) is 23.8 Å². The molecule has 1 amide bonds. The number of carboxylic acid groups (broad SMARTS) is 2. The standard InChI is InChI=1S/C18H25N3O5S.C2HF3O2/c22-17-5-1-4-14-9-15(6-7-16(14)20-17)27(25,26)21-8-2-3-13(12-21)10-19-11-18(23)24;3-2(4,5)1(6)7/h6-7,9,13,19H,1-5,8,10-12H2,(H,20,22)(H,23,24);(H,6,7). The van der Waals surface area contributed by atoms with Gasteiger partial charge < -0.3 is 20.8 Å². The van der Waals surface area contributed by atoms with E-state index in [0.29, 0.717) is 44.6 Å². The van der Waals surface area contributed by atoms with E-state index in [2.05, 4.69) is 10.6 Å². The highest BCUT2D eigenvalue weighted by Gasteiger charge is 2.38. The number of hydrogen-bond acceptors (Lipinski definition) is 6. The highest BCUT2D eigenvalue weighted by atomic mass is 32.2. The van der Waals surface area contributed by atoms with Gasteiger partial charge in [0.15, 0.2) is 0 Å². The summed E-state index contributed by atoms with van der Waals surface area (Å²) in [5, 5.41) is 21.5. The molecule has 10 nitrogen and oxygen atoms in total. The maximum Gasteiger partial charge on any atom is 0.490 e. The Hall–Kier alpha value is -2.71. The number of carbonyl (C=O) groups excluding carboxylic acids is 1. The van der Waals surface area contributed by atoms with Crippen molar-refractivity contribution in [2.24, 2.45) is 5.92 Å². The van der Waals surface area contributed by atoms with Gasteiger partial charge in [-0.2, -0.15) is 17.5 Å². The van der Waals surface area contributed by atoms with Crippen LogP contribution < -0.4 is 10.6 Å². The van der Waals surface area contributed by atoms with Crippen LogP contribution in [-0.2, 0) is 30.8 Å². The molecule has 2 aliphatic rings. The maximum absolute atomic E-state index is 13.1. The summed E-state index contributed by atoms with van der Waals surface area (Å²) in [6.45, 7) is 1.20. The van der Waals surface area contributed by atoms with E-state index < -0.39 is 28.1 Å². The molecule has 2 aliphatic heterocycles. The third kappa shape index (κ3) is 7.95. The van der Waals surface area contributed by atoms with E-state index in [9.17, 15) is 31.2 Å². The minimum atomic E-state index is -5.08. The number of anilines is 1. The Morgan fingerprint density at radius 1 is 1.18 bits per heavy atom. The summed E-state index contributed by atoms with van der Waals surface area (Å²) in [6, 6.07) is 4.88. The van der Waals surface area contributed by atoms with Crippen LogP contribution in [0.5, 0.6) is 0 Å². The van der Waals surface area contributed by atoms with Crippen molar-refractivity contribution in [1.29, 1.82) is 0 Å². The Bertz CT molecular complexity index is 1020. The van der Waals surface area contributed by atoms with Crippen molar-refractivity contribution in [1.82, 2.24) is 9.62 Å². The van der Waals surface area contributed by atoms with E-state index in [1.807, 2.05) is 0 Å². The molecule has 34 heavy (non-hydrogen) atoms. The monoisotopic (exact) mass is 509 g/mol. The minimum absolute atomic E-state index is 0.0444. The van der Waals surface area contributed by atoms with Crippen LogP contribution in [0.25, 0.3) is 0 Å². The average molecular weight is 510 g/mol. The SMILES string of the molecule is O=C(O)C(F)(F)F.O=C(O)CNCC1CCCN(S(=O)(=O)c2ccc3c(c2)CCCC(=O)N3)C1. The molecule has 0 aliphatic carbocycles. The topological polar surface area (TPSA) is 153 Å². The summed E-state index contributed by atoms with van der Waals surface area (Å²) < 4.78 is 59.4. The fourth-order valence-corrected chi connectivity index (χ4v) is 5.26. The van der Waals surface area contributed by atoms with Crippen LogP contribution in [-0.4, -0.2) is 73.1 Å². The molecule has 1 aromatic carbocycles. The quantitative estimate of drug-likeness (QED) is 0.452. The van der Waals surface area contributed by atoms with Crippen LogP contribution in [0.2, 0.25) is 0 Å². The number of halogens is 3. The van der Waals surface area contributed by atoms with Gasteiger partial charge in [-0.3, -0.25) is 9.59 Å². The number of alkyl halides is 3. The first-order valence-corrected chi connectivity index (χ1v) is 11.9. The molecule has 0 radical (unpaired) electrons. The number of sulfonamides is 1. The highest BCUT2D eigenvalue weighted by Crippen LogP contribution is 2.28. The van der Waals surface area contributed by atoms with Gasteiger partial charge in [0.1, 0.15) is 0 Å². The molecular weight excluding hydrogens is 483 g/mol. The van der Waals surface area contributed by atoms with Crippen molar-refractivity contribution in [2.45, 2.75) is 43.2 Å². The van der Waals surface area contributed by atoms with Gasteiger partial charge in [0.2, 0.25) is 15.9 Å². The number of rotatable bonds is 6. The number of hydrogen-bond donors (Lipinski definition) is 4. The molecular formula is C20H26F3N3O7S. The Balaban J connectivity index is 0.000000509. The molecule has 0 saturated carbocycles. The smallest absolute Gasteiger partial charge is 0.480 e. The summed E-state index contributed by atoms with van der Waals surface area (Å²) in [5.74, 6) is -3.63. The number of nitrogens with one attached hydrogen (secondary N) is 2. The molecule has 1 atom stereocenters. The summed E-state index contributed by atoms with van der Waals surface area (Å²) in [6.07, 6.45) is -1.66. The summed E-state index contributed by atoms with van der Waals surface area (Å²) in [7, 11) is -3.62. The predicted octanol–water partition coefficient (Wildman–Crippen LogP) is 1.67. The van der Waals surface area contributed by atoms with Crippen LogP contribution >= 0.6 is 0 Å². The van der Waals surface area contributed by atoms with Gasteiger partial charge in [0.05, 0.1) is 11.4 Å². The van der Waals surface area contributed by atoms with Gasteiger partial charge in [-0.1, -0.05) is 0 Å². The average Bonchev–Trinajstić information content (AvgIpc) is 2.93. The van der Waals surface area contributed by atoms with Crippen molar-refractivity contribution in [2.75, 3.05) is 31.5 Å². The van der Waals surface area contributed by atoms with Crippen LogP contribution in [0.15, 0.2) is 23.1 Å². The Morgan fingerprint density at radius 2 is 1.85 bits per heavy atom. The number of aliphatic carboxylic acids is 2. The second kappa shape index (κ2) is 11.6. The van der Waals surface area contributed by atoms with Crippen LogP contribution in [0.1, 0.15) is 31.2 Å². The number of aryl methyl sites for hydroxylation is 1.